The quantitative estimate of drug-likeness (QED) is 0.142. The predicted octanol–water partition coefficient (Wildman–Crippen LogP) is 6.83. The molecule has 0 radical (unpaired) electrons. The highest BCUT2D eigenvalue weighted by molar-refractivity contribution is 5.72. The summed E-state index contributed by atoms with van der Waals surface area (Å²) in [5.41, 5.74) is 0. The summed E-state index contributed by atoms with van der Waals surface area (Å²) in [4.78, 5) is 12.2. The number of hydrogen-bond acceptors (Lipinski definition) is 3. The molecule has 0 saturated carbocycles. The van der Waals surface area contributed by atoms with Gasteiger partial charge in [-0.3, -0.25) is 4.79 Å². The summed E-state index contributed by atoms with van der Waals surface area (Å²) < 4.78 is 10.5. The fourth-order valence-corrected chi connectivity index (χ4v) is 3.52. The number of unbranched alkanes of at least 4 members (excludes halogenated alkanes) is 12. The number of ether oxygens (including phenoxy) is 2. The molecule has 0 amide bonds. The third kappa shape index (κ3) is 13.6. The zero-order valence-electron chi connectivity index (χ0n) is 17.6. The van der Waals surface area contributed by atoms with Crippen molar-refractivity contribution in [3.8, 4) is 0 Å². The van der Waals surface area contributed by atoms with Crippen LogP contribution in [0.25, 0.3) is 0 Å². The Bertz CT molecular complexity index is 325. The van der Waals surface area contributed by atoms with Crippen molar-refractivity contribution < 1.29 is 14.3 Å². The summed E-state index contributed by atoms with van der Waals surface area (Å²) in [6.45, 7) is 5.67. The van der Waals surface area contributed by atoms with Crippen LogP contribution >= 0.6 is 0 Å². The van der Waals surface area contributed by atoms with Gasteiger partial charge >= 0.3 is 5.97 Å². The Balaban J connectivity index is 1.95. The van der Waals surface area contributed by atoms with E-state index in [1.807, 2.05) is 0 Å². The highest BCUT2D eigenvalue weighted by Gasteiger charge is 2.26. The second-order valence-corrected chi connectivity index (χ2v) is 8.10. The van der Waals surface area contributed by atoms with Crippen molar-refractivity contribution in [3.05, 3.63) is 0 Å². The van der Waals surface area contributed by atoms with E-state index in [4.69, 9.17) is 9.47 Å². The Morgan fingerprint density at radius 3 is 1.77 bits per heavy atom. The fraction of sp³-hybridized carbons (Fsp3) is 0.957. The molecule has 2 unspecified atom stereocenters. The number of rotatable bonds is 19. The summed E-state index contributed by atoms with van der Waals surface area (Å²) in [6, 6.07) is 0. The maximum Gasteiger partial charge on any atom is 0.309 e. The monoisotopic (exact) mass is 368 g/mol. The lowest BCUT2D eigenvalue weighted by Gasteiger charge is -2.15. The standard InChI is InChI=1S/C23H44O3/c1-3-5-7-8-9-10-11-12-13-14-15-16-18-21(17-6-4-2)23(24)26-20-22-19-25-22/h21-22H,3-20H2,1-2H3. The first-order valence-electron chi connectivity index (χ1n) is 11.6. The van der Waals surface area contributed by atoms with Gasteiger partial charge in [0.15, 0.2) is 0 Å². The lowest BCUT2D eigenvalue weighted by molar-refractivity contribution is -0.149. The van der Waals surface area contributed by atoms with Crippen LogP contribution in [0, 0.1) is 5.92 Å². The van der Waals surface area contributed by atoms with Gasteiger partial charge in [0.2, 0.25) is 0 Å². The maximum absolute atomic E-state index is 12.2. The first-order chi connectivity index (χ1) is 12.8. The van der Waals surface area contributed by atoms with Crippen molar-refractivity contribution in [2.45, 2.75) is 123 Å². The summed E-state index contributed by atoms with van der Waals surface area (Å²) in [6.07, 6.45) is 20.8. The van der Waals surface area contributed by atoms with Crippen LogP contribution in [-0.2, 0) is 14.3 Å². The molecule has 0 bridgehead atoms. The van der Waals surface area contributed by atoms with Gasteiger partial charge in [0.25, 0.3) is 0 Å². The lowest BCUT2D eigenvalue weighted by atomic mass is 9.95. The topological polar surface area (TPSA) is 38.8 Å². The SMILES string of the molecule is CCCCCCCCCCCCCCC(CCCC)C(=O)OCC1CO1. The van der Waals surface area contributed by atoms with Gasteiger partial charge in [-0.05, 0) is 12.8 Å². The lowest BCUT2D eigenvalue weighted by Crippen LogP contribution is -2.20. The molecule has 3 nitrogen and oxygen atoms in total. The van der Waals surface area contributed by atoms with Crippen molar-refractivity contribution >= 4 is 5.97 Å². The molecule has 1 fully saturated rings. The summed E-state index contributed by atoms with van der Waals surface area (Å²) in [7, 11) is 0. The predicted molar refractivity (Wildman–Crippen MR) is 109 cm³/mol. The Labute approximate surface area is 162 Å². The Kier molecular flexibility index (Phi) is 15.0. The van der Waals surface area contributed by atoms with E-state index in [1.165, 1.54) is 77.0 Å². The van der Waals surface area contributed by atoms with Crippen LogP contribution in [-0.4, -0.2) is 25.3 Å². The van der Waals surface area contributed by atoms with Crippen molar-refractivity contribution in [2.75, 3.05) is 13.2 Å². The zero-order valence-corrected chi connectivity index (χ0v) is 17.6. The molecule has 26 heavy (non-hydrogen) atoms. The molecule has 0 aromatic carbocycles. The minimum Gasteiger partial charge on any atom is -0.463 e. The van der Waals surface area contributed by atoms with Gasteiger partial charge in [0.05, 0.1) is 12.5 Å². The summed E-state index contributed by atoms with van der Waals surface area (Å²) in [5, 5.41) is 0. The van der Waals surface area contributed by atoms with Crippen molar-refractivity contribution in [1.29, 1.82) is 0 Å². The van der Waals surface area contributed by atoms with Gasteiger partial charge in [-0.15, -0.1) is 0 Å². The normalized spacial score (nSPS) is 17.2. The van der Waals surface area contributed by atoms with Gasteiger partial charge in [-0.2, -0.15) is 0 Å². The Hall–Kier alpha value is -0.570. The molecule has 3 heteroatoms. The molecular formula is C23H44O3. The number of carbonyl (C=O) groups is 1. The van der Waals surface area contributed by atoms with Crippen LogP contribution in [0.4, 0.5) is 0 Å². The molecule has 2 atom stereocenters. The molecule has 0 N–H and O–H groups in total. The largest absolute Gasteiger partial charge is 0.463 e. The molecule has 1 heterocycles. The average Bonchev–Trinajstić information content (AvgIpc) is 3.47. The Morgan fingerprint density at radius 2 is 1.27 bits per heavy atom. The minimum atomic E-state index is 0.0111. The van der Waals surface area contributed by atoms with Crippen molar-refractivity contribution in [1.82, 2.24) is 0 Å². The average molecular weight is 369 g/mol. The summed E-state index contributed by atoms with van der Waals surface area (Å²) >= 11 is 0. The fourth-order valence-electron chi connectivity index (χ4n) is 3.52. The van der Waals surface area contributed by atoms with E-state index in [0.717, 1.165) is 32.3 Å². The second-order valence-electron chi connectivity index (χ2n) is 8.10. The van der Waals surface area contributed by atoms with Crippen molar-refractivity contribution in [3.63, 3.8) is 0 Å². The van der Waals surface area contributed by atoms with E-state index in [2.05, 4.69) is 13.8 Å². The third-order valence-corrected chi connectivity index (χ3v) is 5.46. The molecule has 1 saturated heterocycles. The molecule has 0 aliphatic carbocycles. The molecule has 1 aliphatic heterocycles. The Morgan fingerprint density at radius 1 is 0.808 bits per heavy atom. The number of epoxide rings is 1. The van der Waals surface area contributed by atoms with E-state index in [1.54, 1.807) is 0 Å². The minimum absolute atomic E-state index is 0.0111. The van der Waals surface area contributed by atoms with Gasteiger partial charge in [-0.25, -0.2) is 0 Å². The van der Waals surface area contributed by atoms with Gasteiger partial charge in [-0.1, -0.05) is 104 Å². The maximum atomic E-state index is 12.2. The molecule has 1 aliphatic rings. The van der Waals surface area contributed by atoms with E-state index in [0.29, 0.717) is 6.61 Å². The summed E-state index contributed by atoms with van der Waals surface area (Å²) in [5.74, 6) is 0.119. The first-order valence-corrected chi connectivity index (χ1v) is 11.6. The number of hydrogen-bond donors (Lipinski definition) is 0. The molecular weight excluding hydrogens is 324 g/mol. The van der Waals surface area contributed by atoms with E-state index in [9.17, 15) is 4.79 Å². The molecule has 0 spiro atoms. The highest BCUT2D eigenvalue weighted by Crippen LogP contribution is 2.21. The van der Waals surface area contributed by atoms with Crippen LogP contribution in [0.5, 0.6) is 0 Å². The van der Waals surface area contributed by atoms with Gasteiger partial charge < -0.3 is 9.47 Å². The van der Waals surface area contributed by atoms with Crippen LogP contribution in [0.2, 0.25) is 0 Å². The van der Waals surface area contributed by atoms with E-state index in [-0.39, 0.29) is 18.0 Å². The molecule has 0 aromatic rings. The van der Waals surface area contributed by atoms with Crippen molar-refractivity contribution in [2.24, 2.45) is 5.92 Å². The van der Waals surface area contributed by atoms with Gasteiger partial charge in [0.1, 0.15) is 12.7 Å². The van der Waals surface area contributed by atoms with Gasteiger partial charge in [0, 0.05) is 0 Å². The van der Waals surface area contributed by atoms with Crippen LogP contribution < -0.4 is 0 Å². The van der Waals surface area contributed by atoms with Crippen LogP contribution in [0.15, 0.2) is 0 Å². The third-order valence-electron chi connectivity index (χ3n) is 5.46. The van der Waals surface area contributed by atoms with E-state index >= 15 is 0 Å². The second kappa shape index (κ2) is 16.6. The molecule has 0 aromatic heterocycles. The van der Waals surface area contributed by atoms with Crippen LogP contribution in [0.1, 0.15) is 117 Å². The van der Waals surface area contributed by atoms with Crippen LogP contribution in [0.3, 0.4) is 0 Å². The molecule has 154 valence electrons. The smallest absolute Gasteiger partial charge is 0.309 e. The molecule has 1 rings (SSSR count). The number of esters is 1. The first kappa shape index (κ1) is 23.5. The van der Waals surface area contributed by atoms with E-state index < -0.39 is 0 Å². The highest BCUT2D eigenvalue weighted by atomic mass is 16.6. The zero-order chi connectivity index (χ0) is 18.9. The number of carbonyl (C=O) groups excluding carboxylic acids is 1.